The maximum atomic E-state index is 10.5. The van der Waals surface area contributed by atoms with E-state index in [0.29, 0.717) is 12.2 Å². The van der Waals surface area contributed by atoms with Gasteiger partial charge < -0.3 is 25.1 Å². The maximum Gasteiger partial charge on any atom is 0.124 e. The molecule has 0 aliphatic carbocycles. The number of ether oxygens (including phenoxy) is 3. The molecular formula is C16H21NO4. The summed E-state index contributed by atoms with van der Waals surface area (Å²) in [6.45, 7) is 4.34. The molecule has 3 aliphatic heterocycles. The monoisotopic (exact) mass is 291 g/mol. The van der Waals surface area contributed by atoms with Crippen LogP contribution in [0.15, 0.2) is 0 Å². The fourth-order valence-corrected chi connectivity index (χ4v) is 3.02. The van der Waals surface area contributed by atoms with Gasteiger partial charge in [-0.25, -0.2) is 0 Å². The third kappa shape index (κ3) is 2.73. The second-order valence-corrected chi connectivity index (χ2v) is 6.30. The van der Waals surface area contributed by atoms with Gasteiger partial charge in [-0.05, 0) is 23.6 Å². The van der Waals surface area contributed by atoms with E-state index in [2.05, 4.69) is 0 Å². The van der Waals surface area contributed by atoms with E-state index in [4.69, 9.17) is 19.9 Å². The summed E-state index contributed by atoms with van der Waals surface area (Å²) < 4.78 is 16.0. The van der Waals surface area contributed by atoms with Crippen LogP contribution in [-0.2, 0) is 33.5 Å². The molecule has 0 amide bonds. The minimum Gasteiger partial charge on any atom is -0.507 e. The van der Waals surface area contributed by atoms with Gasteiger partial charge in [0.25, 0.3) is 0 Å². The molecular weight excluding hydrogens is 270 g/mol. The van der Waals surface area contributed by atoms with Crippen molar-refractivity contribution in [2.24, 2.45) is 0 Å². The highest BCUT2D eigenvalue weighted by Gasteiger charge is 2.33. The molecule has 0 bridgehead atoms. The lowest BCUT2D eigenvalue weighted by Crippen LogP contribution is -2.12. The zero-order chi connectivity index (χ0) is 14.6. The van der Waals surface area contributed by atoms with Crippen molar-refractivity contribution in [1.82, 2.24) is 0 Å². The molecule has 3 atom stereocenters. The van der Waals surface area contributed by atoms with Gasteiger partial charge in [-0.3, -0.25) is 0 Å². The van der Waals surface area contributed by atoms with E-state index in [1.807, 2.05) is 6.92 Å². The van der Waals surface area contributed by atoms with Crippen molar-refractivity contribution in [1.29, 1.82) is 0 Å². The smallest absolute Gasteiger partial charge is 0.124 e. The predicted octanol–water partition coefficient (Wildman–Crippen LogP) is 1.11. The highest BCUT2D eigenvalue weighted by atomic mass is 16.6. The molecule has 3 unspecified atom stereocenters. The van der Waals surface area contributed by atoms with Crippen LogP contribution in [0.25, 0.3) is 0 Å². The number of benzene rings is 1. The minimum absolute atomic E-state index is 0.209. The molecule has 3 N–H and O–H groups in total. The number of aromatic hydroxyl groups is 1. The quantitative estimate of drug-likeness (QED) is 0.606. The number of nitrogens with two attached hydrogens (primary N) is 1. The van der Waals surface area contributed by atoms with E-state index >= 15 is 0 Å². The lowest BCUT2D eigenvalue weighted by molar-refractivity contribution is 0.397. The van der Waals surface area contributed by atoms with Gasteiger partial charge in [0.2, 0.25) is 0 Å². The summed E-state index contributed by atoms with van der Waals surface area (Å²) in [4.78, 5) is 0. The van der Waals surface area contributed by atoms with Crippen LogP contribution in [0, 0.1) is 6.92 Å². The summed E-state index contributed by atoms with van der Waals surface area (Å²) in [6.07, 6.45) is 3.11. The Morgan fingerprint density at radius 1 is 0.905 bits per heavy atom. The van der Waals surface area contributed by atoms with Gasteiger partial charge in [0.05, 0.1) is 38.1 Å². The summed E-state index contributed by atoms with van der Waals surface area (Å²) in [5, 5.41) is 10.5. The molecule has 3 fully saturated rings. The topological polar surface area (TPSA) is 83.8 Å². The number of epoxide rings is 3. The lowest BCUT2D eigenvalue weighted by atomic mass is 9.88. The van der Waals surface area contributed by atoms with Crippen LogP contribution >= 0.6 is 0 Å². The molecule has 5 heteroatoms. The first-order valence-corrected chi connectivity index (χ1v) is 7.60. The summed E-state index contributed by atoms with van der Waals surface area (Å²) in [5.41, 5.74) is 11.2. The van der Waals surface area contributed by atoms with Crippen molar-refractivity contribution < 1.29 is 19.3 Å². The number of hydrogen-bond acceptors (Lipinski definition) is 5. The molecule has 0 spiro atoms. The van der Waals surface area contributed by atoms with Crippen molar-refractivity contribution in [2.45, 2.75) is 44.5 Å². The maximum absolute atomic E-state index is 10.5. The van der Waals surface area contributed by atoms with Gasteiger partial charge in [-0.15, -0.1) is 0 Å². The van der Waals surface area contributed by atoms with Crippen LogP contribution in [0.3, 0.4) is 0 Å². The Morgan fingerprint density at radius 2 is 1.33 bits per heavy atom. The number of nitrogen functional groups attached to an aromatic ring is 1. The Bertz CT molecular complexity index is 574. The van der Waals surface area contributed by atoms with Crippen LogP contribution < -0.4 is 5.73 Å². The van der Waals surface area contributed by atoms with Crippen molar-refractivity contribution >= 4 is 5.69 Å². The molecule has 0 saturated carbocycles. The van der Waals surface area contributed by atoms with Crippen molar-refractivity contribution in [2.75, 3.05) is 25.6 Å². The Balaban J connectivity index is 1.75. The second-order valence-electron chi connectivity index (χ2n) is 6.30. The summed E-state index contributed by atoms with van der Waals surface area (Å²) in [7, 11) is 0. The molecule has 1 aromatic rings. The average Bonchev–Trinajstić information content (AvgIpc) is 3.31. The van der Waals surface area contributed by atoms with Gasteiger partial charge in [-0.1, -0.05) is 0 Å². The van der Waals surface area contributed by atoms with Crippen LogP contribution in [-0.4, -0.2) is 43.2 Å². The molecule has 0 aromatic heterocycles. The average molecular weight is 291 g/mol. The van der Waals surface area contributed by atoms with Gasteiger partial charge in [0, 0.05) is 30.5 Å². The Kier molecular flexibility index (Phi) is 3.10. The molecule has 5 nitrogen and oxygen atoms in total. The second kappa shape index (κ2) is 4.87. The van der Waals surface area contributed by atoms with Gasteiger partial charge in [-0.2, -0.15) is 0 Å². The fourth-order valence-electron chi connectivity index (χ4n) is 3.02. The summed E-state index contributed by atoms with van der Waals surface area (Å²) in [5.74, 6) is 0.333. The molecule has 1 aromatic carbocycles. The first kappa shape index (κ1) is 13.4. The highest BCUT2D eigenvalue weighted by molar-refractivity contribution is 5.66. The van der Waals surface area contributed by atoms with Crippen molar-refractivity contribution in [3.8, 4) is 5.75 Å². The SMILES string of the molecule is Cc1c(O)c(CC2CO2)c(N)c(CC2CO2)c1CC1CO1. The first-order chi connectivity index (χ1) is 10.1. The highest BCUT2D eigenvalue weighted by Crippen LogP contribution is 2.40. The van der Waals surface area contributed by atoms with Crippen LogP contribution in [0.2, 0.25) is 0 Å². The zero-order valence-electron chi connectivity index (χ0n) is 12.2. The van der Waals surface area contributed by atoms with E-state index in [-0.39, 0.29) is 18.3 Å². The van der Waals surface area contributed by atoms with E-state index in [9.17, 15) is 5.11 Å². The molecule has 3 aliphatic rings. The Morgan fingerprint density at radius 3 is 1.81 bits per heavy atom. The van der Waals surface area contributed by atoms with Crippen LogP contribution in [0.5, 0.6) is 5.75 Å². The normalized spacial score (nSPS) is 29.5. The molecule has 4 rings (SSSR count). The van der Waals surface area contributed by atoms with Gasteiger partial charge >= 0.3 is 0 Å². The van der Waals surface area contributed by atoms with Gasteiger partial charge in [0.1, 0.15) is 5.75 Å². The molecule has 21 heavy (non-hydrogen) atoms. The number of rotatable bonds is 6. The third-order valence-electron chi connectivity index (χ3n) is 4.61. The first-order valence-electron chi connectivity index (χ1n) is 7.60. The van der Waals surface area contributed by atoms with E-state index in [1.54, 1.807) is 0 Å². The third-order valence-corrected chi connectivity index (χ3v) is 4.61. The van der Waals surface area contributed by atoms with Crippen LogP contribution in [0.4, 0.5) is 5.69 Å². The molecule has 114 valence electrons. The lowest BCUT2D eigenvalue weighted by Gasteiger charge is -2.20. The molecule has 3 saturated heterocycles. The number of anilines is 1. The van der Waals surface area contributed by atoms with E-state index in [0.717, 1.165) is 60.6 Å². The number of phenolic OH excluding ortho intramolecular Hbond substituents is 1. The van der Waals surface area contributed by atoms with Crippen molar-refractivity contribution in [3.05, 3.63) is 22.3 Å². The largest absolute Gasteiger partial charge is 0.507 e. The Hall–Kier alpha value is -1.30. The predicted molar refractivity (Wildman–Crippen MR) is 77.6 cm³/mol. The standard InChI is InChI=1S/C16H21NO4/c1-8-12(2-9-5-19-9)13(3-10-6-20-10)15(17)14(16(8)18)4-11-7-21-11/h9-11,18H,2-7,17H2,1H3. The van der Waals surface area contributed by atoms with E-state index in [1.165, 1.54) is 0 Å². The zero-order valence-corrected chi connectivity index (χ0v) is 12.2. The summed E-state index contributed by atoms with van der Waals surface area (Å²) >= 11 is 0. The minimum atomic E-state index is 0.209. The Labute approximate surface area is 124 Å². The fraction of sp³-hybridized carbons (Fsp3) is 0.625. The molecule has 3 heterocycles. The van der Waals surface area contributed by atoms with E-state index < -0.39 is 0 Å². The van der Waals surface area contributed by atoms with Crippen molar-refractivity contribution in [3.63, 3.8) is 0 Å². The van der Waals surface area contributed by atoms with Crippen LogP contribution in [0.1, 0.15) is 22.3 Å². The summed E-state index contributed by atoms with van der Waals surface area (Å²) in [6, 6.07) is 0. The number of hydrogen-bond donors (Lipinski definition) is 2. The number of phenols is 1. The molecule has 0 radical (unpaired) electrons. The van der Waals surface area contributed by atoms with Gasteiger partial charge in [0.15, 0.2) is 0 Å².